The average Bonchev–Trinajstić information content (AvgIpc) is 2.32. The van der Waals surface area contributed by atoms with E-state index in [9.17, 15) is 13.2 Å². The predicted molar refractivity (Wildman–Crippen MR) is 84.7 cm³/mol. The van der Waals surface area contributed by atoms with Gasteiger partial charge in [-0.05, 0) is 33.6 Å². The number of carbonyl (C=O) groups excluding carboxylic acids is 1. The summed E-state index contributed by atoms with van der Waals surface area (Å²) in [7, 11) is -3.29. The Morgan fingerprint density at radius 1 is 1.19 bits per heavy atom. The van der Waals surface area contributed by atoms with Gasteiger partial charge < -0.3 is 10.6 Å². The highest BCUT2D eigenvalue weighted by Gasteiger charge is 2.29. The van der Waals surface area contributed by atoms with Gasteiger partial charge in [-0.25, -0.2) is 13.2 Å². The van der Waals surface area contributed by atoms with Crippen LogP contribution in [-0.4, -0.2) is 49.7 Å². The van der Waals surface area contributed by atoms with Crippen molar-refractivity contribution in [1.82, 2.24) is 14.9 Å². The first-order valence-corrected chi connectivity index (χ1v) is 9.48. The summed E-state index contributed by atoms with van der Waals surface area (Å²) in [4.78, 5) is 11.8. The third kappa shape index (κ3) is 6.65. The third-order valence-electron chi connectivity index (χ3n) is 3.69. The molecule has 0 atom stereocenters. The summed E-state index contributed by atoms with van der Waals surface area (Å²) in [5, 5.41) is 5.70. The van der Waals surface area contributed by atoms with E-state index < -0.39 is 15.6 Å². The molecule has 1 fully saturated rings. The summed E-state index contributed by atoms with van der Waals surface area (Å²) in [6, 6.07) is 0.0524. The zero-order valence-electron chi connectivity index (χ0n) is 13.6. The van der Waals surface area contributed by atoms with E-state index in [1.165, 1.54) is 17.0 Å². The highest BCUT2D eigenvalue weighted by molar-refractivity contribution is 7.88. The van der Waals surface area contributed by atoms with Gasteiger partial charge in [0.25, 0.3) is 0 Å². The van der Waals surface area contributed by atoms with E-state index in [2.05, 4.69) is 10.6 Å². The molecule has 0 radical (unpaired) electrons. The van der Waals surface area contributed by atoms with E-state index in [-0.39, 0.29) is 18.6 Å². The van der Waals surface area contributed by atoms with Gasteiger partial charge in [-0.15, -0.1) is 0 Å². The van der Waals surface area contributed by atoms with Gasteiger partial charge in [0.15, 0.2) is 0 Å². The van der Waals surface area contributed by atoms with Crippen LogP contribution in [0.4, 0.5) is 4.79 Å². The number of rotatable bonds is 5. The van der Waals surface area contributed by atoms with Crippen LogP contribution < -0.4 is 10.6 Å². The van der Waals surface area contributed by atoms with Gasteiger partial charge >= 0.3 is 6.03 Å². The summed E-state index contributed by atoms with van der Waals surface area (Å²) >= 11 is 0. The molecule has 1 saturated carbocycles. The average molecular weight is 319 g/mol. The van der Waals surface area contributed by atoms with Crippen LogP contribution in [0.5, 0.6) is 0 Å². The normalized spacial score (nSPS) is 17.8. The Kier molecular flexibility index (Phi) is 6.46. The minimum atomic E-state index is -3.29. The lowest BCUT2D eigenvalue weighted by molar-refractivity contribution is 0.224. The van der Waals surface area contributed by atoms with E-state index in [1.807, 2.05) is 20.8 Å². The summed E-state index contributed by atoms with van der Waals surface area (Å²) < 4.78 is 24.9. The summed E-state index contributed by atoms with van der Waals surface area (Å²) in [6.07, 6.45) is 6.83. The fourth-order valence-corrected chi connectivity index (χ4v) is 4.17. The van der Waals surface area contributed by atoms with Gasteiger partial charge in [0.1, 0.15) is 0 Å². The summed E-state index contributed by atoms with van der Waals surface area (Å²) in [5.41, 5.74) is -0.491. The fraction of sp³-hybridized carbons (Fsp3) is 0.929. The standard InChI is InChI=1S/C14H29N3O3S/c1-14(2,3)17(21(4,19)20)11-10-15-13(18)16-12-8-6-5-7-9-12/h12H,5-11H2,1-4H3,(H2,15,16,18). The minimum Gasteiger partial charge on any atom is -0.337 e. The molecule has 1 aliphatic rings. The van der Waals surface area contributed by atoms with Crippen molar-refractivity contribution in [3.05, 3.63) is 0 Å². The first kappa shape index (κ1) is 18.2. The number of sulfonamides is 1. The molecule has 2 amide bonds. The van der Waals surface area contributed by atoms with E-state index in [0.29, 0.717) is 6.54 Å². The van der Waals surface area contributed by atoms with Crippen LogP contribution in [0.25, 0.3) is 0 Å². The van der Waals surface area contributed by atoms with Crippen molar-refractivity contribution in [2.45, 2.75) is 64.5 Å². The zero-order valence-corrected chi connectivity index (χ0v) is 14.4. The maximum atomic E-state index is 11.8. The molecule has 0 aromatic rings. The number of amides is 2. The van der Waals surface area contributed by atoms with Crippen molar-refractivity contribution >= 4 is 16.1 Å². The maximum Gasteiger partial charge on any atom is 0.315 e. The number of urea groups is 1. The van der Waals surface area contributed by atoms with E-state index in [1.54, 1.807) is 0 Å². The summed E-state index contributed by atoms with van der Waals surface area (Å²) in [5.74, 6) is 0. The number of nitrogens with zero attached hydrogens (tertiary/aromatic N) is 1. The maximum absolute atomic E-state index is 11.8. The molecular formula is C14H29N3O3S. The Morgan fingerprint density at radius 2 is 1.76 bits per heavy atom. The Balaban J connectivity index is 2.38. The molecule has 124 valence electrons. The highest BCUT2D eigenvalue weighted by Crippen LogP contribution is 2.17. The van der Waals surface area contributed by atoms with Crippen LogP contribution in [0, 0.1) is 0 Å². The van der Waals surface area contributed by atoms with Crippen LogP contribution >= 0.6 is 0 Å². The SMILES string of the molecule is CC(C)(C)N(CCNC(=O)NC1CCCCC1)S(C)(=O)=O. The Morgan fingerprint density at radius 3 is 2.24 bits per heavy atom. The largest absolute Gasteiger partial charge is 0.337 e. The van der Waals surface area contributed by atoms with Crippen molar-refractivity contribution in [1.29, 1.82) is 0 Å². The topological polar surface area (TPSA) is 78.5 Å². The molecule has 0 aliphatic heterocycles. The lowest BCUT2D eigenvalue weighted by Gasteiger charge is -2.33. The molecule has 7 heteroatoms. The van der Waals surface area contributed by atoms with Crippen LogP contribution in [0.15, 0.2) is 0 Å². The lowest BCUT2D eigenvalue weighted by Crippen LogP contribution is -2.50. The van der Waals surface area contributed by atoms with Crippen molar-refractivity contribution in [2.75, 3.05) is 19.3 Å². The molecule has 1 rings (SSSR count). The van der Waals surface area contributed by atoms with Gasteiger partial charge in [0.2, 0.25) is 10.0 Å². The van der Waals surface area contributed by atoms with Crippen LogP contribution in [0.1, 0.15) is 52.9 Å². The molecule has 0 heterocycles. The lowest BCUT2D eigenvalue weighted by atomic mass is 9.96. The molecule has 0 saturated heterocycles. The first-order valence-electron chi connectivity index (χ1n) is 7.63. The number of hydrogen-bond donors (Lipinski definition) is 2. The molecular weight excluding hydrogens is 290 g/mol. The quantitative estimate of drug-likeness (QED) is 0.809. The summed E-state index contributed by atoms with van der Waals surface area (Å²) in [6.45, 7) is 6.12. The molecule has 21 heavy (non-hydrogen) atoms. The Labute approximate surface area is 128 Å². The Hall–Kier alpha value is -0.820. The molecule has 6 nitrogen and oxygen atoms in total. The molecule has 0 bridgehead atoms. The first-order chi connectivity index (χ1) is 9.60. The smallest absolute Gasteiger partial charge is 0.315 e. The van der Waals surface area contributed by atoms with E-state index in [4.69, 9.17) is 0 Å². The van der Waals surface area contributed by atoms with Crippen LogP contribution in [-0.2, 0) is 10.0 Å². The van der Waals surface area contributed by atoms with Crippen molar-refractivity contribution in [2.24, 2.45) is 0 Å². The second-order valence-electron chi connectivity index (χ2n) is 6.74. The van der Waals surface area contributed by atoms with E-state index >= 15 is 0 Å². The predicted octanol–water partition coefficient (Wildman–Crippen LogP) is 1.68. The number of carbonyl (C=O) groups is 1. The molecule has 1 aliphatic carbocycles. The van der Waals surface area contributed by atoms with Gasteiger partial charge in [-0.1, -0.05) is 19.3 Å². The van der Waals surface area contributed by atoms with Gasteiger partial charge in [-0.2, -0.15) is 4.31 Å². The molecule has 2 N–H and O–H groups in total. The number of nitrogens with one attached hydrogen (secondary N) is 2. The number of hydrogen-bond acceptors (Lipinski definition) is 3. The van der Waals surface area contributed by atoms with Crippen LogP contribution in [0.2, 0.25) is 0 Å². The minimum absolute atomic E-state index is 0.204. The highest BCUT2D eigenvalue weighted by atomic mass is 32.2. The molecule has 0 unspecified atom stereocenters. The molecule has 0 aromatic heterocycles. The van der Waals surface area contributed by atoms with Gasteiger partial charge in [-0.3, -0.25) is 0 Å². The van der Waals surface area contributed by atoms with Crippen molar-refractivity contribution in [3.8, 4) is 0 Å². The van der Waals surface area contributed by atoms with Gasteiger partial charge in [0.05, 0.1) is 6.26 Å². The molecule has 0 aromatic carbocycles. The third-order valence-corrected chi connectivity index (χ3v) is 5.22. The fourth-order valence-electron chi connectivity index (χ4n) is 2.75. The zero-order chi connectivity index (χ0) is 16.1. The van der Waals surface area contributed by atoms with Crippen molar-refractivity contribution < 1.29 is 13.2 Å². The van der Waals surface area contributed by atoms with E-state index in [0.717, 1.165) is 25.7 Å². The molecule has 0 spiro atoms. The monoisotopic (exact) mass is 319 g/mol. The van der Waals surface area contributed by atoms with Crippen LogP contribution in [0.3, 0.4) is 0 Å². The van der Waals surface area contributed by atoms with Crippen molar-refractivity contribution in [3.63, 3.8) is 0 Å². The Bertz CT molecular complexity index is 437. The second kappa shape index (κ2) is 7.45. The van der Waals surface area contributed by atoms with Gasteiger partial charge in [0, 0.05) is 24.7 Å². The second-order valence-corrected chi connectivity index (χ2v) is 8.65.